The predicted molar refractivity (Wildman–Crippen MR) is 48.3 cm³/mol. The van der Waals surface area contributed by atoms with Gasteiger partial charge in [-0.15, -0.1) is 13.2 Å². The van der Waals surface area contributed by atoms with Gasteiger partial charge < -0.3 is 4.74 Å². The maximum atomic E-state index is 11.9. The van der Waals surface area contributed by atoms with E-state index in [1.807, 2.05) is 0 Å². The maximum Gasteiger partial charge on any atom is 0.573 e. The molecule has 80 valence electrons. The molecule has 0 aromatic carbocycles. The van der Waals surface area contributed by atoms with Crippen LogP contribution in [-0.2, 0) is 5.33 Å². The zero-order valence-corrected chi connectivity index (χ0v) is 8.76. The third-order valence-corrected chi connectivity index (χ3v) is 2.06. The topological polar surface area (TPSA) is 45.9 Å². The molecule has 0 unspecified atom stereocenters. The highest BCUT2D eigenvalue weighted by molar-refractivity contribution is 9.08. The molecule has 0 atom stereocenters. The van der Waals surface area contributed by atoms with Gasteiger partial charge in [0.15, 0.2) is 5.75 Å². The highest BCUT2D eigenvalue weighted by Gasteiger charge is 2.32. The van der Waals surface area contributed by atoms with E-state index in [1.54, 1.807) is 6.07 Å². The summed E-state index contributed by atoms with van der Waals surface area (Å²) in [5, 5.41) is 8.71. The van der Waals surface area contributed by atoms with Crippen molar-refractivity contribution in [3.05, 3.63) is 23.5 Å². The Kier molecular flexibility index (Phi) is 3.52. The largest absolute Gasteiger partial charge is 0.573 e. The number of rotatable bonds is 2. The molecular formula is C8H4BrF3N2O. The second-order valence-corrected chi connectivity index (χ2v) is 3.02. The van der Waals surface area contributed by atoms with Crippen molar-refractivity contribution < 1.29 is 17.9 Å². The van der Waals surface area contributed by atoms with E-state index in [2.05, 4.69) is 25.7 Å². The van der Waals surface area contributed by atoms with Gasteiger partial charge in [0.1, 0.15) is 6.07 Å². The van der Waals surface area contributed by atoms with Crippen molar-refractivity contribution in [2.24, 2.45) is 0 Å². The SMILES string of the molecule is N#Cc1cncc(OC(F)(F)F)c1CBr. The van der Waals surface area contributed by atoms with E-state index in [4.69, 9.17) is 5.26 Å². The molecule has 0 N–H and O–H groups in total. The van der Waals surface area contributed by atoms with Crippen LogP contribution in [0, 0.1) is 11.3 Å². The molecule has 0 saturated carbocycles. The number of nitriles is 1. The molecule has 3 nitrogen and oxygen atoms in total. The Balaban J connectivity index is 3.14. The minimum absolute atomic E-state index is 0.0497. The number of aromatic nitrogens is 1. The van der Waals surface area contributed by atoms with Crippen LogP contribution in [-0.4, -0.2) is 11.3 Å². The van der Waals surface area contributed by atoms with Crippen LogP contribution in [0.3, 0.4) is 0 Å². The van der Waals surface area contributed by atoms with Gasteiger partial charge in [-0.3, -0.25) is 4.98 Å². The lowest BCUT2D eigenvalue weighted by Gasteiger charge is -2.11. The number of ether oxygens (including phenoxy) is 1. The van der Waals surface area contributed by atoms with Gasteiger partial charge in [0, 0.05) is 17.1 Å². The summed E-state index contributed by atoms with van der Waals surface area (Å²) in [5.74, 6) is -0.460. The molecule has 15 heavy (non-hydrogen) atoms. The summed E-state index contributed by atoms with van der Waals surface area (Å²) in [7, 11) is 0. The molecule has 0 amide bonds. The smallest absolute Gasteiger partial charge is 0.404 e. The van der Waals surface area contributed by atoms with Gasteiger partial charge >= 0.3 is 6.36 Å². The lowest BCUT2D eigenvalue weighted by Crippen LogP contribution is -2.18. The van der Waals surface area contributed by atoms with Crippen LogP contribution >= 0.6 is 15.9 Å². The lowest BCUT2D eigenvalue weighted by molar-refractivity contribution is -0.275. The van der Waals surface area contributed by atoms with Crippen LogP contribution < -0.4 is 4.74 Å². The van der Waals surface area contributed by atoms with Crippen molar-refractivity contribution in [3.8, 4) is 11.8 Å². The van der Waals surface area contributed by atoms with Crippen molar-refractivity contribution in [2.75, 3.05) is 0 Å². The summed E-state index contributed by atoms with van der Waals surface area (Å²) in [4.78, 5) is 3.48. The monoisotopic (exact) mass is 280 g/mol. The standard InChI is InChI=1S/C8H4BrF3N2O/c9-1-6-5(2-13)3-14-4-7(6)15-8(10,11)12/h3-4H,1H2. The van der Waals surface area contributed by atoms with Crippen LogP contribution in [0.15, 0.2) is 12.4 Å². The normalized spacial score (nSPS) is 10.9. The number of nitrogens with zero attached hydrogens (tertiary/aromatic N) is 2. The summed E-state index contributed by atoms with van der Waals surface area (Å²) in [6, 6.07) is 1.73. The molecule has 1 aromatic rings. The zero-order chi connectivity index (χ0) is 11.5. The number of alkyl halides is 4. The first-order valence-corrected chi connectivity index (χ1v) is 4.78. The number of halogens is 4. The Morgan fingerprint density at radius 3 is 2.60 bits per heavy atom. The van der Waals surface area contributed by atoms with Crippen molar-refractivity contribution in [2.45, 2.75) is 11.7 Å². The number of hydrogen-bond acceptors (Lipinski definition) is 3. The van der Waals surface area contributed by atoms with E-state index >= 15 is 0 Å². The molecule has 7 heteroatoms. The second kappa shape index (κ2) is 4.49. The Hall–Kier alpha value is -1.29. The Labute approximate surface area is 91.6 Å². The molecule has 0 aliphatic rings. The molecule has 0 spiro atoms. The van der Waals surface area contributed by atoms with Crippen molar-refractivity contribution in [1.29, 1.82) is 5.26 Å². The van der Waals surface area contributed by atoms with Gasteiger partial charge in [0.25, 0.3) is 0 Å². The molecule has 1 heterocycles. The molecule has 0 aliphatic carbocycles. The third-order valence-electron chi connectivity index (χ3n) is 1.50. The lowest BCUT2D eigenvalue weighted by atomic mass is 10.2. The van der Waals surface area contributed by atoms with Crippen LogP contribution in [0.1, 0.15) is 11.1 Å². The van der Waals surface area contributed by atoms with Gasteiger partial charge in [-0.1, -0.05) is 15.9 Å². The van der Waals surface area contributed by atoms with Gasteiger partial charge in [-0.25, -0.2) is 0 Å². The van der Waals surface area contributed by atoms with E-state index in [1.165, 1.54) is 6.20 Å². The maximum absolute atomic E-state index is 11.9. The van der Waals surface area contributed by atoms with Crippen LogP contribution in [0.5, 0.6) is 5.75 Å². The summed E-state index contributed by atoms with van der Waals surface area (Å²) in [5.41, 5.74) is 0.179. The van der Waals surface area contributed by atoms with Crippen LogP contribution in [0.2, 0.25) is 0 Å². The van der Waals surface area contributed by atoms with Gasteiger partial charge in [0.05, 0.1) is 11.8 Å². The minimum Gasteiger partial charge on any atom is -0.404 e. The van der Waals surface area contributed by atoms with Crippen molar-refractivity contribution >= 4 is 15.9 Å². The zero-order valence-electron chi connectivity index (χ0n) is 7.18. The summed E-state index contributed by atoms with van der Waals surface area (Å²) < 4.78 is 39.6. The van der Waals surface area contributed by atoms with Gasteiger partial charge in [0.2, 0.25) is 0 Å². The number of pyridine rings is 1. The molecule has 1 aromatic heterocycles. The molecule has 0 bridgehead atoms. The fourth-order valence-corrected chi connectivity index (χ4v) is 1.49. The third kappa shape index (κ3) is 3.09. The highest BCUT2D eigenvalue weighted by Crippen LogP contribution is 2.28. The average Bonchev–Trinajstić information content (AvgIpc) is 2.15. The van der Waals surface area contributed by atoms with E-state index < -0.39 is 12.1 Å². The average molecular weight is 281 g/mol. The first-order chi connectivity index (χ1) is 6.98. The minimum atomic E-state index is -4.79. The van der Waals surface area contributed by atoms with E-state index in [9.17, 15) is 13.2 Å². The molecule has 0 saturated heterocycles. The van der Waals surface area contributed by atoms with E-state index in [0.29, 0.717) is 0 Å². The molecule has 0 radical (unpaired) electrons. The first-order valence-electron chi connectivity index (χ1n) is 3.66. The van der Waals surface area contributed by atoms with E-state index in [0.717, 1.165) is 6.20 Å². The summed E-state index contributed by atoms with van der Waals surface area (Å²) in [6.07, 6.45) is -2.68. The second-order valence-electron chi connectivity index (χ2n) is 2.46. The van der Waals surface area contributed by atoms with Crippen molar-refractivity contribution in [3.63, 3.8) is 0 Å². The first kappa shape index (κ1) is 11.8. The van der Waals surface area contributed by atoms with E-state index in [-0.39, 0.29) is 16.5 Å². The Bertz CT molecular complexity index is 400. The summed E-state index contributed by atoms with van der Waals surface area (Å²) in [6.45, 7) is 0. The molecule has 1 rings (SSSR count). The van der Waals surface area contributed by atoms with Crippen LogP contribution in [0.25, 0.3) is 0 Å². The van der Waals surface area contributed by atoms with Gasteiger partial charge in [-0.2, -0.15) is 5.26 Å². The Morgan fingerprint density at radius 1 is 1.47 bits per heavy atom. The predicted octanol–water partition coefficient (Wildman–Crippen LogP) is 2.75. The van der Waals surface area contributed by atoms with Gasteiger partial charge in [-0.05, 0) is 0 Å². The Morgan fingerprint density at radius 2 is 2.13 bits per heavy atom. The molecule has 0 fully saturated rings. The van der Waals surface area contributed by atoms with Crippen LogP contribution in [0.4, 0.5) is 13.2 Å². The summed E-state index contributed by atoms with van der Waals surface area (Å²) >= 11 is 2.98. The molecular weight excluding hydrogens is 277 g/mol. The van der Waals surface area contributed by atoms with Crippen molar-refractivity contribution in [1.82, 2.24) is 4.98 Å². The molecule has 0 aliphatic heterocycles. The fourth-order valence-electron chi connectivity index (χ4n) is 0.915. The highest BCUT2D eigenvalue weighted by atomic mass is 79.9. The quantitative estimate of drug-likeness (QED) is 0.783. The number of hydrogen-bond donors (Lipinski definition) is 0. The fraction of sp³-hybridized carbons (Fsp3) is 0.250.